The zero-order chi connectivity index (χ0) is 11.0. The predicted octanol–water partition coefficient (Wildman–Crippen LogP) is 2.23. The van der Waals surface area contributed by atoms with Gasteiger partial charge in [-0.15, -0.1) is 0 Å². The molecule has 0 aliphatic heterocycles. The van der Waals surface area contributed by atoms with Gasteiger partial charge in [0.15, 0.2) is 0 Å². The van der Waals surface area contributed by atoms with Gasteiger partial charge in [0.1, 0.15) is 11.6 Å². The number of aryl methyl sites for hydroxylation is 1. The lowest BCUT2D eigenvalue weighted by Crippen LogP contribution is -2.15. The molecule has 1 aliphatic carbocycles. The average Bonchev–Trinajstić information content (AvgIpc) is 2.82. The number of hydrogen-bond donors (Lipinski definition) is 2. The number of nitrogens with one attached hydrogen (secondary N) is 2. The van der Waals surface area contributed by atoms with E-state index in [0.29, 0.717) is 0 Å². The van der Waals surface area contributed by atoms with Crippen molar-refractivity contribution in [1.29, 1.82) is 0 Å². The smallest absolute Gasteiger partial charge is 0.141 e. The van der Waals surface area contributed by atoms with Crippen LogP contribution in [0.1, 0.15) is 24.3 Å². The molecule has 3 rings (SSSR count). The topological polar surface area (TPSA) is 53.9 Å². The Balaban J connectivity index is 1.74. The molecule has 0 spiro atoms. The van der Waals surface area contributed by atoms with E-state index in [2.05, 4.69) is 15.3 Å². The van der Waals surface area contributed by atoms with Crippen molar-refractivity contribution < 1.29 is 4.42 Å². The second-order valence-electron chi connectivity index (χ2n) is 4.30. The molecule has 0 bridgehead atoms. The molecule has 1 aliphatic rings. The van der Waals surface area contributed by atoms with Crippen LogP contribution in [-0.4, -0.2) is 16.0 Å². The minimum absolute atomic E-state index is 0.724. The maximum Gasteiger partial charge on any atom is 0.141 e. The number of aromatic nitrogens is 2. The largest absolute Gasteiger partial charge is 0.469 e. The van der Waals surface area contributed by atoms with Crippen molar-refractivity contribution in [2.45, 2.75) is 32.4 Å². The maximum atomic E-state index is 5.26. The van der Waals surface area contributed by atoms with Gasteiger partial charge in [0.05, 0.1) is 11.8 Å². The summed E-state index contributed by atoms with van der Waals surface area (Å²) in [5.41, 5.74) is 2.17. The molecule has 0 atom stereocenters. The molecular formula is C12H15N3O. The Hall–Kier alpha value is -1.55. The second kappa shape index (κ2) is 3.79. The molecule has 2 N–H and O–H groups in total. The van der Waals surface area contributed by atoms with Crippen LogP contribution in [0, 0.1) is 6.92 Å². The molecule has 4 nitrogen and oxygen atoms in total. The number of aromatic amines is 1. The summed E-state index contributed by atoms with van der Waals surface area (Å²) in [4.78, 5) is 7.67. The maximum absolute atomic E-state index is 5.26. The predicted molar refractivity (Wildman–Crippen MR) is 60.9 cm³/mol. The van der Waals surface area contributed by atoms with Crippen molar-refractivity contribution in [3.8, 4) is 11.4 Å². The average molecular weight is 217 g/mol. The number of nitrogens with zero attached hydrogens (tertiary/aromatic N) is 1. The van der Waals surface area contributed by atoms with E-state index < -0.39 is 0 Å². The first kappa shape index (κ1) is 9.66. The normalized spacial score (nSPS) is 15.6. The van der Waals surface area contributed by atoms with E-state index in [1.165, 1.54) is 12.8 Å². The van der Waals surface area contributed by atoms with Crippen molar-refractivity contribution >= 4 is 0 Å². The first-order valence-electron chi connectivity index (χ1n) is 5.64. The summed E-state index contributed by atoms with van der Waals surface area (Å²) in [6.45, 7) is 2.81. The van der Waals surface area contributed by atoms with Crippen LogP contribution in [-0.2, 0) is 6.54 Å². The first-order chi connectivity index (χ1) is 7.83. The molecule has 84 valence electrons. The summed E-state index contributed by atoms with van der Waals surface area (Å²) in [5, 5.41) is 3.45. The van der Waals surface area contributed by atoms with Crippen molar-refractivity contribution in [2.75, 3.05) is 0 Å². The van der Waals surface area contributed by atoms with Crippen LogP contribution < -0.4 is 5.32 Å². The Morgan fingerprint density at radius 1 is 1.56 bits per heavy atom. The van der Waals surface area contributed by atoms with Crippen molar-refractivity contribution in [2.24, 2.45) is 0 Å². The highest BCUT2D eigenvalue weighted by atomic mass is 16.3. The van der Waals surface area contributed by atoms with Gasteiger partial charge in [0.25, 0.3) is 0 Å². The first-order valence-corrected chi connectivity index (χ1v) is 5.64. The van der Waals surface area contributed by atoms with Crippen LogP contribution in [0.3, 0.4) is 0 Å². The molecule has 1 fully saturated rings. The van der Waals surface area contributed by atoms with Crippen molar-refractivity contribution in [3.63, 3.8) is 0 Å². The zero-order valence-corrected chi connectivity index (χ0v) is 9.29. The molecule has 4 heteroatoms. The SMILES string of the molecule is Cc1occc1-c1ncc(CNC2CC2)[nH]1. The third-order valence-corrected chi connectivity index (χ3v) is 2.90. The highest BCUT2D eigenvalue weighted by molar-refractivity contribution is 5.57. The van der Waals surface area contributed by atoms with E-state index in [0.717, 1.165) is 35.4 Å². The van der Waals surface area contributed by atoms with Gasteiger partial charge in [0.2, 0.25) is 0 Å². The van der Waals surface area contributed by atoms with E-state index in [9.17, 15) is 0 Å². The summed E-state index contributed by atoms with van der Waals surface area (Å²) >= 11 is 0. The van der Waals surface area contributed by atoms with Crippen LogP contribution in [0.5, 0.6) is 0 Å². The van der Waals surface area contributed by atoms with Gasteiger partial charge in [-0.25, -0.2) is 4.98 Å². The molecule has 2 aromatic heterocycles. The Labute approximate surface area is 94.1 Å². The highest BCUT2D eigenvalue weighted by Crippen LogP contribution is 2.22. The fourth-order valence-corrected chi connectivity index (χ4v) is 1.76. The Kier molecular flexibility index (Phi) is 2.29. The molecular weight excluding hydrogens is 202 g/mol. The van der Waals surface area contributed by atoms with Crippen molar-refractivity contribution in [1.82, 2.24) is 15.3 Å². The van der Waals surface area contributed by atoms with Gasteiger partial charge in [-0.05, 0) is 25.8 Å². The van der Waals surface area contributed by atoms with E-state index in [1.54, 1.807) is 6.26 Å². The van der Waals surface area contributed by atoms with Gasteiger partial charge in [-0.1, -0.05) is 0 Å². The van der Waals surface area contributed by atoms with Gasteiger partial charge < -0.3 is 14.7 Å². The highest BCUT2D eigenvalue weighted by Gasteiger charge is 2.20. The van der Waals surface area contributed by atoms with Gasteiger partial charge in [-0.2, -0.15) is 0 Å². The summed E-state index contributed by atoms with van der Waals surface area (Å²) in [6, 6.07) is 2.66. The van der Waals surface area contributed by atoms with E-state index in [4.69, 9.17) is 4.42 Å². The molecule has 16 heavy (non-hydrogen) atoms. The second-order valence-corrected chi connectivity index (χ2v) is 4.30. The van der Waals surface area contributed by atoms with Crippen LogP contribution in [0.25, 0.3) is 11.4 Å². The lowest BCUT2D eigenvalue weighted by atomic mass is 10.2. The standard InChI is InChI=1S/C12H15N3O/c1-8-11(4-5-16-8)12-14-7-10(15-12)6-13-9-2-3-9/h4-5,7,9,13H,2-3,6H2,1H3,(H,14,15). The van der Waals surface area contributed by atoms with E-state index in [-0.39, 0.29) is 0 Å². The van der Waals surface area contributed by atoms with E-state index >= 15 is 0 Å². The minimum Gasteiger partial charge on any atom is -0.469 e. The number of rotatable bonds is 4. The zero-order valence-electron chi connectivity index (χ0n) is 9.29. The number of furan rings is 1. The third kappa shape index (κ3) is 1.88. The number of H-pyrrole nitrogens is 1. The van der Waals surface area contributed by atoms with Crippen LogP contribution in [0.15, 0.2) is 22.9 Å². The summed E-state index contributed by atoms with van der Waals surface area (Å²) in [7, 11) is 0. The fraction of sp³-hybridized carbons (Fsp3) is 0.417. The minimum atomic E-state index is 0.724. The van der Waals surface area contributed by atoms with Crippen LogP contribution >= 0.6 is 0 Å². The molecule has 1 saturated carbocycles. The lowest BCUT2D eigenvalue weighted by molar-refractivity contribution is 0.535. The Bertz CT molecular complexity index is 482. The number of imidazole rings is 1. The van der Waals surface area contributed by atoms with Crippen molar-refractivity contribution in [3.05, 3.63) is 30.0 Å². The molecule has 0 unspecified atom stereocenters. The number of hydrogen-bond acceptors (Lipinski definition) is 3. The van der Waals surface area contributed by atoms with Gasteiger partial charge >= 0.3 is 0 Å². The molecule has 0 aromatic carbocycles. The van der Waals surface area contributed by atoms with Gasteiger partial charge in [0, 0.05) is 24.5 Å². The molecule has 2 heterocycles. The summed E-state index contributed by atoms with van der Waals surface area (Å²) in [5.74, 6) is 1.79. The monoisotopic (exact) mass is 217 g/mol. The van der Waals surface area contributed by atoms with E-state index in [1.807, 2.05) is 19.2 Å². The molecule has 2 aromatic rings. The Morgan fingerprint density at radius 3 is 3.12 bits per heavy atom. The fourth-order valence-electron chi connectivity index (χ4n) is 1.76. The Morgan fingerprint density at radius 2 is 2.44 bits per heavy atom. The lowest BCUT2D eigenvalue weighted by Gasteiger charge is -1.98. The molecule has 0 radical (unpaired) electrons. The van der Waals surface area contributed by atoms with Gasteiger partial charge in [-0.3, -0.25) is 0 Å². The van der Waals surface area contributed by atoms with Crippen LogP contribution in [0.4, 0.5) is 0 Å². The quantitative estimate of drug-likeness (QED) is 0.825. The summed E-state index contributed by atoms with van der Waals surface area (Å²) in [6.07, 6.45) is 6.19. The molecule has 0 amide bonds. The van der Waals surface area contributed by atoms with Crippen LogP contribution in [0.2, 0.25) is 0 Å². The third-order valence-electron chi connectivity index (χ3n) is 2.90. The molecule has 0 saturated heterocycles. The summed E-state index contributed by atoms with van der Waals surface area (Å²) < 4.78 is 5.26.